The summed E-state index contributed by atoms with van der Waals surface area (Å²) in [5, 5.41) is 9.54. The highest BCUT2D eigenvalue weighted by Crippen LogP contribution is 2.43. The van der Waals surface area contributed by atoms with Crippen molar-refractivity contribution in [2.24, 2.45) is 7.05 Å². The molecular weight excluding hydrogens is 304 g/mol. The molecule has 4 heterocycles. The highest BCUT2D eigenvalue weighted by molar-refractivity contribution is 5.69. The summed E-state index contributed by atoms with van der Waals surface area (Å²) in [6.45, 7) is 3.45. The molecular formula is C14H18N4O5. The molecule has 23 heavy (non-hydrogen) atoms. The molecule has 0 aliphatic carbocycles. The van der Waals surface area contributed by atoms with Crippen LogP contribution >= 0.6 is 0 Å². The molecule has 9 heteroatoms. The molecule has 0 saturated carbocycles. The van der Waals surface area contributed by atoms with E-state index in [1.165, 1.54) is 17.2 Å². The van der Waals surface area contributed by atoms with E-state index in [2.05, 4.69) is 9.97 Å². The average molecular weight is 322 g/mol. The van der Waals surface area contributed by atoms with E-state index < -0.39 is 24.2 Å². The number of aliphatic hydroxyl groups is 1. The zero-order valence-corrected chi connectivity index (χ0v) is 13.0. The van der Waals surface area contributed by atoms with Gasteiger partial charge in [-0.1, -0.05) is 0 Å². The molecule has 9 nitrogen and oxygen atoms in total. The maximum Gasteiger partial charge on any atom is 0.281 e. The predicted molar refractivity (Wildman–Crippen MR) is 77.6 cm³/mol. The zero-order chi connectivity index (χ0) is 16.4. The van der Waals surface area contributed by atoms with Crippen molar-refractivity contribution in [3.8, 4) is 0 Å². The zero-order valence-electron chi connectivity index (χ0n) is 13.0. The van der Waals surface area contributed by atoms with E-state index >= 15 is 0 Å². The Morgan fingerprint density at radius 3 is 2.74 bits per heavy atom. The predicted octanol–water partition coefficient (Wildman–Crippen LogP) is -0.460. The van der Waals surface area contributed by atoms with Crippen LogP contribution in [0.4, 0.5) is 0 Å². The van der Waals surface area contributed by atoms with E-state index in [0.29, 0.717) is 5.65 Å². The first-order chi connectivity index (χ1) is 10.9. The van der Waals surface area contributed by atoms with Gasteiger partial charge in [0.1, 0.15) is 18.3 Å². The molecule has 2 aliphatic rings. The molecule has 2 saturated heterocycles. The van der Waals surface area contributed by atoms with Crippen LogP contribution in [0.1, 0.15) is 20.1 Å². The van der Waals surface area contributed by atoms with Gasteiger partial charge in [-0.05, 0) is 13.8 Å². The summed E-state index contributed by atoms with van der Waals surface area (Å²) in [5.74, 6) is -0.759. The number of aryl methyl sites for hydroxylation is 1. The summed E-state index contributed by atoms with van der Waals surface area (Å²) < 4.78 is 20.7. The molecule has 2 aliphatic heterocycles. The van der Waals surface area contributed by atoms with Crippen LogP contribution in [0, 0.1) is 0 Å². The smallest absolute Gasteiger partial charge is 0.281 e. The fourth-order valence-corrected chi connectivity index (χ4v) is 3.21. The molecule has 4 rings (SSSR count). The third-order valence-corrected chi connectivity index (χ3v) is 4.22. The lowest BCUT2D eigenvalue weighted by atomic mass is 10.1. The maximum absolute atomic E-state index is 12.1. The molecule has 1 N–H and O–H groups in total. The molecule has 2 aromatic heterocycles. The first kappa shape index (κ1) is 14.8. The fraction of sp³-hybridized carbons (Fsp3) is 0.643. The minimum atomic E-state index is -0.759. The second kappa shape index (κ2) is 4.84. The summed E-state index contributed by atoms with van der Waals surface area (Å²) in [6, 6.07) is 0. The van der Waals surface area contributed by atoms with Crippen LogP contribution in [0.15, 0.2) is 17.4 Å². The third kappa shape index (κ3) is 2.12. The van der Waals surface area contributed by atoms with Crippen molar-refractivity contribution >= 4 is 11.2 Å². The van der Waals surface area contributed by atoms with E-state index in [0.717, 1.165) is 0 Å². The Bertz CT molecular complexity index is 813. The number of fused-ring (bicyclic) bond motifs is 2. The molecule has 0 radical (unpaired) electrons. The normalized spacial score (nSPS) is 32.5. The van der Waals surface area contributed by atoms with Crippen molar-refractivity contribution in [2.75, 3.05) is 6.61 Å². The lowest BCUT2D eigenvalue weighted by molar-refractivity contribution is -0.199. The number of hydrogen-bond donors (Lipinski definition) is 1. The Kier molecular flexibility index (Phi) is 3.11. The number of aliphatic hydroxyl groups excluding tert-OH is 1. The van der Waals surface area contributed by atoms with E-state index in [1.54, 1.807) is 11.6 Å². The van der Waals surface area contributed by atoms with E-state index in [4.69, 9.17) is 14.2 Å². The Balaban J connectivity index is 1.79. The molecule has 124 valence electrons. The second-order valence-corrected chi connectivity index (χ2v) is 6.30. The van der Waals surface area contributed by atoms with Crippen molar-refractivity contribution in [1.82, 2.24) is 19.1 Å². The fourth-order valence-electron chi connectivity index (χ4n) is 3.21. The lowest BCUT2D eigenvalue weighted by Gasteiger charge is -2.24. The Labute approximate surface area is 131 Å². The largest absolute Gasteiger partial charge is 0.394 e. The van der Waals surface area contributed by atoms with Gasteiger partial charge in [-0.2, -0.15) is 0 Å². The van der Waals surface area contributed by atoms with Crippen molar-refractivity contribution in [3.63, 3.8) is 0 Å². The average Bonchev–Trinajstić information content (AvgIpc) is 3.13. The Morgan fingerprint density at radius 2 is 2.00 bits per heavy atom. The molecule has 4 atom stereocenters. The van der Waals surface area contributed by atoms with Crippen LogP contribution in [-0.2, 0) is 21.3 Å². The molecule has 0 unspecified atom stereocenters. The lowest BCUT2D eigenvalue weighted by Crippen LogP contribution is -2.31. The summed E-state index contributed by atoms with van der Waals surface area (Å²) in [4.78, 5) is 20.5. The number of ether oxygens (including phenoxy) is 3. The van der Waals surface area contributed by atoms with Gasteiger partial charge in [0.2, 0.25) is 0 Å². The van der Waals surface area contributed by atoms with E-state index in [9.17, 15) is 9.90 Å². The van der Waals surface area contributed by atoms with Crippen LogP contribution in [0.25, 0.3) is 11.2 Å². The van der Waals surface area contributed by atoms with Gasteiger partial charge < -0.3 is 23.9 Å². The summed E-state index contributed by atoms with van der Waals surface area (Å²) >= 11 is 0. The molecule has 0 aromatic carbocycles. The highest BCUT2D eigenvalue weighted by Gasteiger charge is 2.55. The molecule has 0 amide bonds. The highest BCUT2D eigenvalue weighted by atomic mass is 16.8. The van der Waals surface area contributed by atoms with Crippen molar-refractivity contribution < 1.29 is 19.3 Å². The van der Waals surface area contributed by atoms with Crippen molar-refractivity contribution in [1.29, 1.82) is 0 Å². The van der Waals surface area contributed by atoms with Crippen LogP contribution in [0.3, 0.4) is 0 Å². The van der Waals surface area contributed by atoms with Crippen LogP contribution < -0.4 is 5.56 Å². The van der Waals surface area contributed by atoms with Gasteiger partial charge in [-0.25, -0.2) is 9.97 Å². The monoisotopic (exact) mass is 322 g/mol. The number of rotatable bonds is 2. The third-order valence-electron chi connectivity index (χ3n) is 4.22. The topological polar surface area (TPSA) is 101 Å². The molecule has 2 aromatic rings. The summed E-state index contributed by atoms with van der Waals surface area (Å²) in [7, 11) is 1.62. The SMILES string of the molecule is Cn1cnc2c(ncn2[C@@H]2O[C@H](CO)[C@H]3OC(C)(C)O[C@H]32)c1=O. The first-order valence-electron chi connectivity index (χ1n) is 7.41. The Hall–Kier alpha value is -1.81. The van der Waals surface area contributed by atoms with Crippen LogP contribution in [0.5, 0.6) is 0 Å². The van der Waals surface area contributed by atoms with E-state index in [1.807, 2.05) is 13.8 Å². The van der Waals surface area contributed by atoms with Gasteiger partial charge in [0.05, 0.1) is 19.3 Å². The van der Waals surface area contributed by atoms with Crippen LogP contribution in [-0.4, -0.2) is 54.9 Å². The number of imidazole rings is 1. The number of aromatic nitrogens is 4. The standard InChI is InChI=1S/C14H18N4O5/c1-14(2)22-9-7(4-19)21-13(10(9)23-14)18-6-15-8-11(18)16-5-17(3)12(8)20/h5-7,9-10,13,19H,4H2,1-3H3/t7-,9-,10-,13-/m1/s1. The summed E-state index contributed by atoms with van der Waals surface area (Å²) in [5.41, 5.74) is 0.454. The van der Waals surface area contributed by atoms with Crippen molar-refractivity contribution in [3.05, 3.63) is 23.0 Å². The van der Waals surface area contributed by atoms with Gasteiger partial charge in [0.15, 0.2) is 23.2 Å². The van der Waals surface area contributed by atoms with Gasteiger partial charge in [-0.15, -0.1) is 0 Å². The Morgan fingerprint density at radius 1 is 1.26 bits per heavy atom. The van der Waals surface area contributed by atoms with Gasteiger partial charge in [-0.3, -0.25) is 9.36 Å². The molecule has 2 fully saturated rings. The number of nitrogens with zero attached hydrogens (tertiary/aromatic N) is 4. The number of hydrogen-bond acceptors (Lipinski definition) is 7. The summed E-state index contributed by atoms with van der Waals surface area (Å²) in [6.07, 6.45) is 1.08. The quantitative estimate of drug-likeness (QED) is 0.798. The van der Waals surface area contributed by atoms with Crippen molar-refractivity contribution in [2.45, 2.75) is 44.2 Å². The van der Waals surface area contributed by atoms with Gasteiger partial charge >= 0.3 is 0 Å². The van der Waals surface area contributed by atoms with E-state index in [-0.39, 0.29) is 23.8 Å². The molecule has 0 bridgehead atoms. The first-order valence-corrected chi connectivity index (χ1v) is 7.41. The second-order valence-electron chi connectivity index (χ2n) is 6.30. The molecule has 0 spiro atoms. The van der Waals surface area contributed by atoms with Gasteiger partial charge in [0.25, 0.3) is 5.56 Å². The maximum atomic E-state index is 12.1. The minimum Gasteiger partial charge on any atom is -0.394 e. The van der Waals surface area contributed by atoms with Crippen LogP contribution in [0.2, 0.25) is 0 Å². The van der Waals surface area contributed by atoms with Gasteiger partial charge in [0, 0.05) is 7.05 Å². The minimum absolute atomic E-state index is 0.182.